The molecule has 1 aromatic rings. The first-order chi connectivity index (χ1) is 12.4. The second-order valence-corrected chi connectivity index (χ2v) is 6.95. The van der Waals surface area contributed by atoms with Crippen LogP contribution in [0.1, 0.15) is 19.3 Å². The van der Waals surface area contributed by atoms with Crippen LogP contribution in [0.25, 0.3) is 0 Å². The highest BCUT2D eigenvalue weighted by Crippen LogP contribution is 2.33. The van der Waals surface area contributed by atoms with E-state index in [1.54, 1.807) is 7.11 Å². The zero-order valence-electron chi connectivity index (χ0n) is 15.2. The molecule has 0 aliphatic carbocycles. The van der Waals surface area contributed by atoms with Gasteiger partial charge in [0.25, 0.3) is 0 Å². The molecular weight excluding hydrogens is 338 g/mol. The maximum atomic E-state index is 12.3. The number of rotatable bonds is 4. The molecule has 26 heavy (non-hydrogen) atoms. The molecule has 2 saturated heterocycles. The van der Waals surface area contributed by atoms with Gasteiger partial charge in [0.05, 0.1) is 7.11 Å². The van der Waals surface area contributed by atoms with Gasteiger partial charge in [-0.3, -0.25) is 14.5 Å². The predicted molar refractivity (Wildman–Crippen MR) is 94.2 cm³/mol. The van der Waals surface area contributed by atoms with Crippen molar-refractivity contribution >= 4 is 17.7 Å². The molecule has 0 bridgehead atoms. The Labute approximate surface area is 152 Å². The Morgan fingerprint density at radius 3 is 2.85 bits per heavy atom. The third-order valence-corrected chi connectivity index (χ3v) is 5.49. The summed E-state index contributed by atoms with van der Waals surface area (Å²) in [5.41, 5.74) is -0.181. The molecule has 1 aromatic heterocycles. The number of carboxylic acid groups (broad SMARTS) is 1. The van der Waals surface area contributed by atoms with E-state index < -0.39 is 5.97 Å². The molecule has 2 aliphatic rings. The van der Waals surface area contributed by atoms with Crippen LogP contribution in [-0.4, -0.2) is 89.2 Å². The number of likely N-dealkylation sites (tertiary alicyclic amines) is 1. The SMILES string of the molecule is COc1cc(N2CCN(C)[C@]3(CCC(=O)N(CC(=O)O)CC3)C2)ncn1. The highest BCUT2D eigenvalue weighted by molar-refractivity contribution is 5.81. The summed E-state index contributed by atoms with van der Waals surface area (Å²) in [5.74, 6) is 0.272. The highest BCUT2D eigenvalue weighted by Gasteiger charge is 2.42. The molecule has 9 nitrogen and oxygen atoms in total. The van der Waals surface area contributed by atoms with Crippen LogP contribution < -0.4 is 9.64 Å². The molecule has 0 unspecified atom stereocenters. The van der Waals surface area contributed by atoms with Gasteiger partial charge in [-0.05, 0) is 19.9 Å². The van der Waals surface area contributed by atoms with E-state index in [4.69, 9.17) is 9.84 Å². The van der Waals surface area contributed by atoms with E-state index in [9.17, 15) is 9.59 Å². The van der Waals surface area contributed by atoms with Gasteiger partial charge >= 0.3 is 5.97 Å². The third-order valence-electron chi connectivity index (χ3n) is 5.49. The summed E-state index contributed by atoms with van der Waals surface area (Å²) in [6.45, 7) is 2.63. The second kappa shape index (κ2) is 7.45. The van der Waals surface area contributed by atoms with Crippen LogP contribution in [0.5, 0.6) is 5.88 Å². The summed E-state index contributed by atoms with van der Waals surface area (Å²) in [7, 11) is 3.65. The lowest BCUT2D eigenvalue weighted by atomic mass is 9.86. The highest BCUT2D eigenvalue weighted by atomic mass is 16.5. The van der Waals surface area contributed by atoms with Crippen molar-refractivity contribution in [3.63, 3.8) is 0 Å². The Morgan fingerprint density at radius 1 is 1.31 bits per heavy atom. The van der Waals surface area contributed by atoms with Crippen LogP contribution in [0.2, 0.25) is 0 Å². The molecule has 1 spiro atoms. The van der Waals surface area contributed by atoms with E-state index >= 15 is 0 Å². The van der Waals surface area contributed by atoms with Gasteiger partial charge < -0.3 is 19.6 Å². The van der Waals surface area contributed by atoms with E-state index in [1.165, 1.54) is 11.2 Å². The summed E-state index contributed by atoms with van der Waals surface area (Å²) >= 11 is 0. The fourth-order valence-corrected chi connectivity index (χ4v) is 3.83. The lowest BCUT2D eigenvalue weighted by molar-refractivity contribution is -0.144. The first-order valence-electron chi connectivity index (χ1n) is 8.75. The molecular formula is C17H25N5O4. The first kappa shape index (κ1) is 18.4. The van der Waals surface area contributed by atoms with Gasteiger partial charge in [0.1, 0.15) is 18.7 Å². The number of methoxy groups -OCH3 is 1. The number of amides is 1. The van der Waals surface area contributed by atoms with Crippen molar-refractivity contribution < 1.29 is 19.4 Å². The summed E-state index contributed by atoms with van der Waals surface area (Å²) in [5, 5.41) is 9.03. The second-order valence-electron chi connectivity index (χ2n) is 6.95. The lowest BCUT2D eigenvalue weighted by Gasteiger charge is -2.49. The standard InChI is InChI=1S/C17H25N5O4/c1-20-7-8-22(13-9-14(26-2)19-12-18-13)11-17(20)4-3-15(23)21(6-5-17)10-16(24)25/h9,12H,3-8,10-11H2,1-2H3,(H,24,25)/t17-/m0/s1. The Morgan fingerprint density at radius 2 is 2.12 bits per heavy atom. The zero-order valence-corrected chi connectivity index (χ0v) is 15.2. The van der Waals surface area contributed by atoms with Crippen LogP contribution in [0.4, 0.5) is 5.82 Å². The number of likely N-dealkylation sites (N-methyl/N-ethyl adjacent to an activating group) is 1. The van der Waals surface area contributed by atoms with Crippen molar-refractivity contribution in [2.75, 3.05) is 51.8 Å². The topological polar surface area (TPSA) is 99.1 Å². The zero-order chi connectivity index (χ0) is 18.7. The van der Waals surface area contributed by atoms with E-state index in [0.717, 1.165) is 31.9 Å². The molecule has 0 aromatic carbocycles. The van der Waals surface area contributed by atoms with Crippen molar-refractivity contribution in [3.8, 4) is 5.88 Å². The summed E-state index contributed by atoms with van der Waals surface area (Å²) in [6, 6.07) is 1.82. The number of ether oxygens (including phenoxy) is 1. The van der Waals surface area contributed by atoms with Crippen molar-refractivity contribution in [1.29, 1.82) is 0 Å². The number of hydrogen-bond acceptors (Lipinski definition) is 7. The minimum Gasteiger partial charge on any atom is -0.481 e. The van der Waals surface area contributed by atoms with Crippen molar-refractivity contribution in [1.82, 2.24) is 19.8 Å². The largest absolute Gasteiger partial charge is 0.481 e. The summed E-state index contributed by atoms with van der Waals surface area (Å²) < 4.78 is 5.19. The third kappa shape index (κ3) is 3.72. The van der Waals surface area contributed by atoms with Gasteiger partial charge in [0.15, 0.2) is 0 Å². The normalized spacial score (nSPS) is 24.6. The molecule has 1 N–H and O–H groups in total. The number of carbonyl (C=O) groups excluding carboxylic acids is 1. The number of carbonyl (C=O) groups is 2. The molecule has 2 aliphatic heterocycles. The quantitative estimate of drug-likeness (QED) is 0.803. The fraction of sp³-hybridized carbons (Fsp3) is 0.647. The average molecular weight is 363 g/mol. The van der Waals surface area contributed by atoms with Crippen molar-refractivity contribution in [2.45, 2.75) is 24.8 Å². The van der Waals surface area contributed by atoms with Crippen LogP contribution in [0.3, 0.4) is 0 Å². The Balaban J connectivity index is 1.79. The van der Waals surface area contributed by atoms with Crippen LogP contribution >= 0.6 is 0 Å². The fourth-order valence-electron chi connectivity index (χ4n) is 3.83. The number of nitrogens with zero attached hydrogens (tertiary/aromatic N) is 5. The smallest absolute Gasteiger partial charge is 0.323 e. The Hall–Kier alpha value is -2.42. The molecule has 3 heterocycles. The van der Waals surface area contributed by atoms with E-state index in [-0.39, 0.29) is 18.0 Å². The number of anilines is 1. The van der Waals surface area contributed by atoms with Gasteiger partial charge in [-0.15, -0.1) is 0 Å². The van der Waals surface area contributed by atoms with Crippen LogP contribution in [0, 0.1) is 0 Å². The van der Waals surface area contributed by atoms with Gasteiger partial charge in [-0.1, -0.05) is 0 Å². The number of aliphatic carboxylic acids is 1. The molecule has 0 saturated carbocycles. The molecule has 142 valence electrons. The maximum Gasteiger partial charge on any atom is 0.323 e. The monoisotopic (exact) mass is 363 g/mol. The summed E-state index contributed by atoms with van der Waals surface area (Å²) in [6.07, 6.45) is 3.29. The van der Waals surface area contributed by atoms with E-state index in [1.807, 2.05) is 6.07 Å². The Kier molecular flexibility index (Phi) is 5.26. The summed E-state index contributed by atoms with van der Waals surface area (Å²) in [4.78, 5) is 37.7. The minimum atomic E-state index is -0.971. The Bertz CT molecular complexity index is 685. The first-order valence-corrected chi connectivity index (χ1v) is 8.75. The van der Waals surface area contributed by atoms with Crippen molar-refractivity contribution in [2.24, 2.45) is 0 Å². The number of piperazine rings is 1. The lowest BCUT2D eigenvalue weighted by Crippen LogP contribution is -2.61. The number of aromatic nitrogens is 2. The van der Waals surface area contributed by atoms with Gasteiger partial charge in [-0.2, -0.15) is 0 Å². The van der Waals surface area contributed by atoms with Gasteiger partial charge in [0, 0.05) is 44.2 Å². The van der Waals surface area contributed by atoms with Gasteiger partial charge in [0.2, 0.25) is 11.8 Å². The van der Waals surface area contributed by atoms with Crippen molar-refractivity contribution in [3.05, 3.63) is 12.4 Å². The maximum absolute atomic E-state index is 12.3. The molecule has 9 heteroatoms. The predicted octanol–water partition coefficient (Wildman–Crippen LogP) is 0.0729. The van der Waals surface area contributed by atoms with Crippen LogP contribution in [-0.2, 0) is 9.59 Å². The molecule has 3 rings (SSSR count). The average Bonchev–Trinajstić information content (AvgIpc) is 2.78. The molecule has 0 radical (unpaired) electrons. The van der Waals surface area contributed by atoms with Gasteiger partial charge in [-0.25, -0.2) is 9.97 Å². The van der Waals surface area contributed by atoms with E-state index in [2.05, 4.69) is 26.8 Å². The molecule has 2 fully saturated rings. The molecule has 1 atom stereocenters. The minimum absolute atomic E-state index is 0.0847. The van der Waals surface area contributed by atoms with E-state index in [0.29, 0.717) is 25.3 Å². The number of carboxylic acids is 1. The molecule has 1 amide bonds. The number of hydrogen-bond donors (Lipinski definition) is 1. The van der Waals surface area contributed by atoms with Crippen LogP contribution in [0.15, 0.2) is 12.4 Å².